The van der Waals surface area contributed by atoms with Crippen molar-refractivity contribution in [3.05, 3.63) is 47.3 Å². The van der Waals surface area contributed by atoms with Crippen LogP contribution in [0.3, 0.4) is 0 Å². The van der Waals surface area contributed by atoms with Crippen LogP contribution >= 0.6 is 0 Å². The average Bonchev–Trinajstić information content (AvgIpc) is 3.02. The molecule has 4 heteroatoms. The summed E-state index contributed by atoms with van der Waals surface area (Å²) in [5, 5.41) is 7.80. The van der Waals surface area contributed by atoms with Crippen LogP contribution in [0.2, 0.25) is 0 Å². The SMILES string of the molecule is COc1ccc2c(c1)C(NCc1cnn(C)c1)CC2. The summed E-state index contributed by atoms with van der Waals surface area (Å²) < 4.78 is 7.15. The van der Waals surface area contributed by atoms with Gasteiger partial charge >= 0.3 is 0 Å². The fourth-order valence-electron chi connectivity index (χ4n) is 2.72. The van der Waals surface area contributed by atoms with Crippen LogP contribution in [0, 0.1) is 0 Å². The van der Waals surface area contributed by atoms with Gasteiger partial charge in [-0.1, -0.05) is 6.07 Å². The van der Waals surface area contributed by atoms with Gasteiger partial charge < -0.3 is 10.1 Å². The molecule has 19 heavy (non-hydrogen) atoms. The maximum absolute atomic E-state index is 5.31. The number of aromatic nitrogens is 2. The summed E-state index contributed by atoms with van der Waals surface area (Å²) in [6, 6.07) is 6.80. The topological polar surface area (TPSA) is 39.1 Å². The van der Waals surface area contributed by atoms with Gasteiger partial charge in [0.2, 0.25) is 0 Å². The summed E-state index contributed by atoms with van der Waals surface area (Å²) in [6.45, 7) is 0.856. The van der Waals surface area contributed by atoms with Gasteiger partial charge in [0, 0.05) is 31.4 Å². The molecule has 3 rings (SSSR count). The van der Waals surface area contributed by atoms with E-state index in [1.54, 1.807) is 7.11 Å². The maximum atomic E-state index is 5.31. The van der Waals surface area contributed by atoms with Crippen molar-refractivity contribution in [1.29, 1.82) is 0 Å². The maximum Gasteiger partial charge on any atom is 0.119 e. The summed E-state index contributed by atoms with van der Waals surface area (Å²) >= 11 is 0. The van der Waals surface area contributed by atoms with Crippen LogP contribution in [0.1, 0.15) is 29.2 Å². The minimum atomic E-state index is 0.422. The van der Waals surface area contributed by atoms with E-state index in [4.69, 9.17) is 4.74 Å². The van der Waals surface area contributed by atoms with Crippen molar-refractivity contribution in [2.75, 3.05) is 7.11 Å². The van der Waals surface area contributed by atoms with Gasteiger partial charge in [0.1, 0.15) is 5.75 Å². The molecule has 1 aliphatic carbocycles. The van der Waals surface area contributed by atoms with Crippen molar-refractivity contribution in [2.45, 2.75) is 25.4 Å². The van der Waals surface area contributed by atoms with E-state index in [1.807, 2.05) is 24.0 Å². The molecule has 0 spiro atoms. The molecule has 0 saturated heterocycles. The summed E-state index contributed by atoms with van der Waals surface area (Å²) in [5.41, 5.74) is 4.03. The quantitative estimate of drug-likeness (QED) is 0.912. The molecular formula is C15H19N3O. The van der Waals surface area contributed by atoms with Gasteiger partial charge in [-0.3, -0.25) is 4.68 Å². The van der Waals surface area contributed by atoms with Gasteiger partial charge in [0.15, 0.2) is 0 Å². The smallest absolute Gasteiger partial charge is 0.119 e. The van der Waals surface area contributed by atoms with Crippen molar-refractivity contribution in [2.24, 2.45) is 7.05 Å². The van der Waals surface area contributed by atoms with Crippen LogP contribution in [0.5, 0.6) is 5.75 Å². The van der Waals surface area contributed by atoms with E-state index in [9.17, 15) is 0 Å². The Bertz CT molecular complexity index is 577. The third-order valence-electron chi connectivity index (χ3n) is 3.74. The van der Waals surface area contributed by atoms with Gasteiger partial charge in [-0.15, -0.1) is 0 Å². The average molecular weight is 257 g/mol. The summed E-state index contributed by atoms with van der Waals surface area (Å²) in [4.78, 5) is 0. The second kappa shape index (κ2) is 5.05. The molecule has 0 radical (unpaired) electrons. The van der Waals surface area contributed by atoms with E-state index in [-0.39, 0.29) is 0 Å². The molecule has 100 valence electrons. The molecule has 1 aromatic heterocycles. The third kappa shape index (κ3) is 2.49. The molecule has 0 aliphatic heterocycles. The Morgan fingerprint density at radius 2 is 2.37 bits per heavy atom. The number of nitrogens with zero attached hydrogens (tertiary/aromatic N) is 2. The number of nitrogens with one attached hydrogen (secondary N) is 1. The Morgan fingerprint density at radius 3 is 3.11 bits per heavy atom. The van der Waals surface area contributed by atoms with Crippen LogP contribution in [0.15, 0.2) is 30.6 Å². The Kier molecular flexibility index (Phi) is 3.25. The minimum absolute atomic E-state index is 0.422. The first-order valence-electron chi connectivity index (χ1n) is 6.64. The van der Waals surface area contributed by atoms with Crippen molar-refractivity contribution in [3.63, 3.8) is 0 Å². The molecule has 4 nitrogen and oxygen atoms in total. The highest BCUT2D eigenvalue weighted by molar-refractivity contribution is 5.40. The lowest BCUT2D eigenvalue weighted by Gasteiger charge is -2.14. The van der Waals surface area contributed by atoms with Crippen LogP contribution in [-0.2, 0) is 20.0 Å². The molecule has 1 atom stereocenters. The van der Waals surface area contributed by atoms with Crippen molar-refractivity contribution in [3.8, 4) is 5.75 Å². The number of methoxy groups -OCH3 is 1. The lowest BCUT2D eigenvalue weighted by Crippen LogP contribution is -2.18. The Balaban J connectivity index is 1.71. The zero-order chi connectivity index (χ0) is 13.2. The lowest BCUT2D eigenvalue weighted by molar-refractivity contribution is 0.413. The molecule has 1 heterocycles. The first kappa shape index (κ1) is 12.2. The Labute approximate surface area is 113 Å². The van der Waals surface area contributed by atoms with E-state index in [2.05, 4.69) is 28.7 Å². The molecule has 1 unspecified atom stereocenters. The fraction of sp³-hybridized carbons (Fsp3) is 0.400. The Morgan fingerprint density at radius 1 is 1.47 bits per heavy atom. The van der Waals surface area contributed by atoms with Crippen molar-refractivity contribution < 1.29 is 4.74 Å². The Hall–Kier alpha value is -1.81. The molecule has 0 amide bonds. The molecule has 1 aromatic carbocycles. The molecule has 1 N–H and O–H groups in total. The first-order valence-corrected chi connectivity index (χ1v) is 6.64. The molecule has 0 saturated carbocycles. The predicted molar refractivity (Wildman–Crippen MR) is 74.1 cm³/mol. The second-order valence-electron chi connectivity index (χ2n) is 5.06. The molecule has 0 bridgehead atoms. The highest BCUT2D eigenvalue weighted by Gasteiger charge is 2.22. The number of aryl methyl sites for hydroxylation is 2. The van der Waals surface area contributed by atoms with E-state index in [0.717, 1.165) is 25.1 Å². The predicted octanol–water partition coefficient (Wildman–Crippen LogP) is 2.21. The van der Waals surface area contributed by atoms with Gasteiger partial charge in [-0.2, -0.15) is 5.10 Å². The summed E-state index contributed by atoms with van der Waals surface area (Å²) in [6.07, 6.45) is 6.26. The number of ether oxygens (including phenoxy) is 1. The minimum Gasteiger partial charge on any atom is -0.497 e. The monoisotopic (exact) mass is 257 g/mol. The van der Waals surface area contributed by atoms with E-state index < -0.39 is 0 Å². The van der Waals surface area contributed by atoms with Crippen molar-refractivity contribution >= 4 is 0 Å². The third-order valence-corrected chi connectivity index (χ3v) is 3.74. The van der Waals surface area contributed by atoms with E-state index in [1.165, 1.54) is 16.7 Å². The zero-order valence-electron chi connectivity index (χ0n) is 11.4. The highest BCUT2D eigenvalue weighted by Crippen LogP contribution is 2.33. The summed E-state index contributed by atoms with van der Waals surface area (Å²) in [5.74, 6) is 0.939. The molecular weight excluding hydrogens is 238 g/mol. The van der Waals surface area contributed by atoms with Gasteiger partial charge in [0.25, 0.3) is 0 Å². The number of fused-ring (bicyclic) bond motifs is 1. The number of hydrogen-bond donors (Lipinski definition) is 1. The number of hydrogen-bond acceptors (Lipinski definition) is 3. The molecule has 0 fully saturated rings. The van der Waals surface area contributed by atoms with Crippen molar-refractivity contribution in [1.82, 2.24) is 15.1 Å². The standard InChI is InChI=1S/C15H19N3O/c1-18-10-11(9-17-18)8-16-15-6-4-12-3-5-13(19-2)7-14(12)15/h3,5,7,9-10,15-16H,4,6,8H2,1-2H3. The van der Waals surface area contributed by atoms with Crippen LogP contribution in [-0.4, -0.2) is 16.9 Å². The van der Waals surface area contributed by atoms with Crippen LogP contribution in [0.25, 0.3) is 0 Å². The van der Waals surface area contributed by atoms with Gasteiger partial charge in [-0.25, -0.2) is 0 Å². The van der Waals surface area contributed by atoms with Crippen LogP contribution in [0.4, 0.5) is 0 Å². The lowest BCUT2D eigenvalue weighted by atomic mass is 10.1. The van der Waals surface area contributed by atoms with E-state index >= 15 is 0 Å². The van der Waals surface area contributed by atoms with E-state index in [0.29, 0.717) is 6.04 Å². The van der Waals surface area contributed by atoms with Gasteiger partial charge in [-0.05, 0) is 36.1 Å². The highest BCUT2D eigenvalue weighted by atomic mass is 16.5. The summed E-state index contributed by atoms with van der Waals surface area (Å²) in [7, 11) is 3.66. The van der Waals surface area contributed by atoms with Gasteiger partial charge in [0.05, 0.1) is 13.3 Å². The largest absolute Gasteiger partial charge is 0.497 e. The number of benzene rings is 1. The molecule has 2 aromatic rings. The normalized spacial score (nSPS) is 17.5. The fourth-order valence-corrected chi connectivity index (χ4v) is 2.72. The number of rotatable bonds is 4. The first-order chi connectivity index (χ1) is 9.26. The molecule has 1 aliphatic rings. The second-order valence-corrected chi connectivity index (χ2v) is 5.06. The zero-order valence-corrected chi connectivity index (χ0v) is 11.4. The van der Waals surface area contributed by atoms with Crippen LogP contribution < -0.4 is 10.1 Å².